The molecular weight excluding hydrogens is 236 g/mol. The summed E-state index contributed by atoms with van der Waals surface area (Å²) in [6, 6.07) is 0. The Labute approximate surface area is 118 Å². The van der Waals surface area contributed by atoms with Crippen LogP contribution in [0.15, 0.2) is 0 Å². The van der Waals surface area contributed by atoms with Crippen LogP contribution in [0.1, 0.15) is 72.6 Å². The Hall–Kier alpha value is -0.0800. The standard InChI is InChI=1S/C17H32O2/c1-5-6-7-9-17(4)10-8-14-11-15(18)12(2)13(3)16(14)19-17/h12-16,18H,5-11H2,1-4H3. The topological polar surface area (TPSA) is 29.5 Å². The minimum Gasteiger partial charge on any atom is -0.393 e. The molecule has 2 rings (SSSR count). The monoisotopic (exact) mass is 268 g/mol. The van der Waals surface area contributed by atoms with E-state index in [4.69, 9.17) is 4.74 Å². The minimum absolute atomic E-state index is 0.0899. The molecule has 2 heteroatoms. The molecule has 1 heterocycles. The average molecular weight is 268 g/mol. The summed E-state index contributed by atoms with van der Waals surface area (Å²) in [6.45, 7) is 9.01. The molecule has 1 N–H and O–H groups in total. The van der Waals surface area contributed by atoms with Gasteiger partial charge in [-0.3, -0.25) is 0 Å². The summed E-state index contributed by atoms with van der Waals surface area (Å²) in [7, 11) is 0. The fraction of sp³-hybridized carbons (Fsp3) is 1.00. The molecule has 0 aromatic carbocycles. The van der Waals surface area contributed by atoms with Crippen molar-refractivity contribution >= 4 is 0 Å². The summed E-state index contributed by atoms with van der Waals surface area (Å²) in [6.07, 6.45) is 8.70. The molecule has 19 heavy (non-hydrogen) atoms. The zero-order valence-corrected chi connectivity index (χ0v) is 13.2. The van der Waals surface area contributed by atoms with Crippen LogP contribution in [-0.2, 0) is 4.74 Å². The second kappa shape index (κ2) is 6.13. The van der Waals surface area contributed by atoms with Gasteiger partial charge in [-0.25, -0.2) is 0 Å². The largest absolute Gasteiger partial charge is 0.393 e. The van der Waals surface area contributed by atoms with Crippen molar-refractivity contribution in [3.05, 3.63) is 0 Å². The molecule has 0 amide bonds. The predicted octanol–water partition coefficient (Wildman–Crippen LogP) is 4.16. The highest BCUT2D eigenvalue weighted by atomic mass is 16.5. The van der Waals surface area contributed by atoms with Gasteiger partial charge in [-0.05, 0) is 50.4 Å². The van der Waals surface area contributed by atoms with Crippen molar-refractivity contribution in [3.63, 3.8) is 0 Å². The van der Waals surface area contributed by atoms with Crippen LogP contribution in [0.5, 0.6) is 0 Å². The predicted molar refractivity (Wildman–Crippen MR) is 79.1 cm³/mol. The maximum Gasteiger partial charge on any atom is 0.0658 e. The van der Waals surface area contributed by atoms with Gasteiger partial charge in [0.05, 0.1) is 17.8 Å². The lowest BCUT2D eigenvalue weighted by molar-refractivity contribution is -0.200. The van der Waals surface area contributed by atoms with Crippen LogP contribution in [-0.4, -0.2) is 22.9 Å². The summed E-state index contributed by atoms with van der Waals surface area (Å²) in [5.41, 5.74) is 0.0899. The Morgan fingerprint density at radius 3 is 2.63 bits per heavy atom. The molecular formula is C17H32O2. The summed E-state index contributed by atoms with van der Waals surface area (Å²) < 4.78 is 6.54. The fourth-order valence-corrected chi connectivity index (χ4v) is 4.03. The van der Waals surface area contributed by atoms with Crippen molar-refractivity contribution in [1.82, 2.24) is 0 Å². The highest BCUT2D eigenvalue weighted by Gasteiger charge is 2.46. The molecule has 0 spiro atoms. The molecule has 2 fully saturated rings. The van der Waals surface area contributed by atoms with E-state index >= 15 is 0 Å². The molecule has 1 aliphatic heterocycles. The van der Waals surface area contributed by atoms with Crippen molar-refractivity contribution in [2.24, 2.45) is 17.8 Å². The van der Waals surface area contributed by atoms with Crippen LogP contribution < -0.4 is 0 Å². The lowest BCUT2D eigenvalue weighted by Crippen LogP contribution is -2.52. The highest BCUT2D eigenvalue weighted by Crippen LogP contribution is 2.46. The Morgan fingerprint density at radius 2 is 1.95 bits per heavy atom. The quantitative estimate of drug-likeness (QED) is 0.776. The normalized spacial score (nSPS) is 46.9. The van der Waals surface area contributed by atoms with Crippen LogP contribution in [0.3, 0.4) is 0 Å². The number of rotatable bonds is 4. The van der Waals surface area contributed by atoms with E-state index in [0.717, 1.165) is 6.42 Å². The number of ether oxygens (including phenoxy) is 1. The number of fused-ring (bicyclic) bond motifs is 1. The molecule has 2 nitrogen and oxygen atoms in total. The van der Waals surface area contributed by atoms with Crippen molar-refractivity contribution in [2.45, 2.75) is 90.4 Å². The first-order valence-corrected chi connectivity index (χ1v) is 8.33. The van der Waals surface area contributed by atoms with E-state index in [1.54, 1.807) is 0 Å². The molecule has 1 saturated heterocycles. The summed E-state index contributed by atoms with van der Waals surface area (Å²) in [5, 5.41) is 10.1. The Bertz CT molecular complexity index is 289. The van der Waals surface area contributed by atoms with Gasteiger partial charge < -0.3 is 9.84 Å². The van der Waals surface area contributed by atoms with E-state index < -0.39 is 0 Å². The maximum absolute atomic E-state index is 10.1. The van der Waals surface area contributed by atoms with E-state index in [-0.39, 0.29) is 11.7 Å². The number of hydrogen-bond acceptors (Lipinski definition) is 2. The van der Waals surface area contributed by atoms with Crippen molar-refractivity contribution < 1.29 is 9.84 Å². The molecule has 0 radical (unpaired) electrons. The molecule has 0 aromatic rings. The van der Waals surface area contributed by atoms with Gasteiger partial charge in [0.1, 0.15) is 0 Å². The molecule has 0 aromatic heterocycles. The number of unbranched alkanes of at least 4 members (excludes halogenated alkanes) is 2. The van der Waals surface area contributed by atoms with Gasteiger partial charge in [0.2, 0.25) is 0 Å². The van der Waals surface area contributed by atoms with Gasteiger partial charge in [-0.2, -0.15) is 0 Å². The van der Waals surface area contributed by atoms with Crippen LogP contribution in [0.2, 0.25) is 0 Å². The molecule has 6 unspecified atom stereocenters. The SMILES string of the molecule is CCCCCC1(C)CCC2CC(O)C(C)C(C)C2O1. The third kappa shape index (κ3) is 3.33. The number of aliphatic hydroxyl groups excluding tert-OH is 1. The maximum atomic E-state index is 10.1. The molecule has 0 bridgehead atoms. The average Bonchev–Trinajstić information content (AvgIpc) is 2.38. The van der Waals surface area contributed by atoms with E-state index in [1.807, 2.05) is 0 Å². The third-order valence-electron chi connectivity index (χ3n) is 5.74. The smallest absolute Gasteiger partial charge is 0.0658 e. The van der Waals surface area contributed by atoms with E-state index in [9.17, 15) is 5.11 Å². The van der Waals surface area contributed by atoms with Crippen molar-refractivity contribution in [1.29, 1.82) is 0 Å². The van der Waals surface area contributed by atoms with Gasteiger partial charge in [0, 0.05) is 0 Å². The van der Waals surface area contributed by atoms with Gasteiger partial charge in [0.15, 0.2) is 0 Å². The van der Waals surface area contributed by atoms with Crippen LogP contribution in [0, 0.1) is 17.8 Å². The summed E-state index contributed by atoms with van der Waals surface area (Å²) in [4.78, 5) is 0. The zero-order valence-electron chi connectivity index (χ0n) is 13.2. The number of aliphatic hydroxyl groups is 1. The zero-order chi connectivity index (χ0) is 14.0. The minimum atomic E-state index is -0.121. The fourth-order valence-electron chi connectivity index (χ4n) is 4.03. The van der Waals surface area contributed by atoms with Crippen LogP contribution in [0.25, 0.3) is 0 Å². The van der Waals surface area contributed by atoms with Gasteiger partial charge >= 0.3 is 0 Å². The first kappa shape index (κ1) is 15.3. The molecule has 112 valence electrons. The van der Waals surface area contributed by atoms with E-state index in [0.29, 0.717) is 23.9 Å². The second-order valence-corrected chi connectivity index (χ2v) is 7.31. The van der Waals surface area contributed by atoms with Gasteiger partial charge in [-0.1, -0.05) is 40.0 Å². The first-order chi connectivity index (χ1) is 8.97. The van der Waals surface area contributed by atoms with Crippen LogP contribution in [0.4, 0.5) is 0 Å². The molecule has 1 aliphatic carbocycles. The molecule has 1 saturated carbocycles. The van der Waals surface area contributed by atoms with E-state index in [1.165, 1.54) is 38.5 Å². The van der Waals surface area contributed by atoms with Crippen LogP contribution >= 0.6 is 0 Å². The van der Waals surface area contributed by atoms with Crippen molar-refractivity contribution in [2.75, 3.05) is 0 Å². The van der Waals surface area contributed by atoms with E-state index in [2.05, 4.69) is 27.7 Å². The first-order valence-electron chi connectivity index (χ1n) is 8.33. The Kier molecular flexibility index (Phi) is 4.94. The summed E-state index contributed by atoms with van der Waals surface area (Å²) >= 11 is 0. The molecule has 2 aliphatic rings. The molecule has 6 atom stereocenters. The van der Waals surface area contributed by atoms with Gasteiger partial charge in [-0.15, -0.1) is 0 Å². The highest BCUT2D eigenvalue weighted by molar-refractivity contribution is 4.95. The van der Waals surface area contributed by atoms with Gasteiger partial charge in [0.25, 0.3) is 0 Å². The Balaban J connectivity index is 1.97. The third-order valence-corrected chi connectivity index (χ3v) is 5.74. The van der Waals surface area contributed by atoms with Crippen molar-refractivity contribution in [3.8, 4) is 0 Å². The lowest BCUT2D eigenvalue weighted by atomic mass is 9.67. The second-order valence-electron chi connectivity index (χ2n) is 7.31. The Morgan fingerprint density at radius 1 is 1.21 bits per heavy atom. The summed E-state index contributed by atoms with van der Waals surface area (Å²) in [5.74, 6) is 1.44. The lowest BCUT2D eigenvalue weighted by Gasteiger charge is -2.51. The number of hydrogen-bond donors (Lipinski definition) is 1.